The molecule has 0 aliphatic heterocycles. The lowest BCUT2D eigenvalue weighted by atomic mass is 10.1. The Morgan fingerprint density at radius 3 is 2.52 bits per heavy atom. The van der Waals surface area contributed by atoms with Gasteiger partial charge in [-0.15, -0.1) is 0 Å². The number of carbonyl (C=O) groups is 1. The largest absolute Gasteiger partial charge is 0.450 e. The third kappa shape index (κ3) is 2.85. The highest BCUT2D eigenvalue weighted by Gasteiger charge is 2.18. The summed E-state index contributed by atoms with van der Waals surface area (Å²) < 4.78 is 5.77. The first-order valence-electron chi connectivity index (χ1n) is 7.56. The van der Waals surface area contributed by atoms with Crippen molar-refractivity contribution in [2.75, 3.05) is 0 Å². The maximum Gasteiger partial charge on any atom is 0.287 e. The SMILES string of the molecule is Cc1c(C(=O)NCc2ccccc2CO)oc2c(C)cccc12. The van der Waals surface area contributed by atoms with Gasteiger partial charge in [0, 0.05) is 17.5 Å². The van der Waals surface area contributed by atoms with Crippen molar-refractivity contribution in [3.05, 3.63) is 70.5 Å². The highest BCUT2D eigenvalue weighted by molar-refractivity contribution is 5.99. The van der Waals surface area contributed by atoms with Gasteiger partial charge in [0.25, 0.3) is 5.91 Å². The minimum absolute atomic E-state index is 0.0467. The zero-order chi connectivity index (χ0) is 16.4. The molecule has 1 aromatic heterocycles. The van der Waals surface area contributed by atoms with E-state index in [2.05, 4.69) is 5.32 Å². The van der Waals surface area contributed by atoms with Crippen LogP contribution in [0.15, 0.2) is 46.9 Å². The zero-order valence-electron chi connectivity index (χ0n) is 13.2. The number of aryl methyl sites for hydroxylation is 2. The van der Waals surface area contributed by atoms with Crippen LogP contribution in [0.25, 0.3) is 11.0 Å². The van der Waals surface area contributed by atoms with E-state index >= 15 is 0 Å². The molecule has 0 bridgehead atoms. The molecule has 0 aliphatic rings. The molecule has 2 N–H and O–H groups in total. The smallest absolute Gasteiger partial charge is 0.287 e. The Kier molecular flexibility index (Phi) is 4.17. The number of benzene rings is 2. The minimum Gasteiger partial charge on any atom is -0.450 e. The molecule has 0 unspecified atom stereocenters. The summed E-state index contributed by atoms with van der Waals surface area (Å²) in [4.78, 5) is 12.5. The van der Waals surface area contributed by atoms with Crippen molar-refractivity contribution in [3.8, 4) is 0 Å². The van der Waals surface area contributed by atoms with Crippen LogP contribution in [0.5, 0.6) is 0 Å². The fourth-order valence-corrected chi connectivity index (χ4v) is 2.74. The second kappa shape index (κ2) is 6.26. The number of amides is 1. The van der Waals surface area contributed by atoms with Crippen molar-refractivity contribution in [2.45, 2.75) is 27.0 Å². The maximum absolute atomic E-state index is 12.5. The summed E-state index contributed by atoms with van der Waals surface area (Å²) in [7, 11) is 0. The van der Waals surface area contributed by atoms with E-state index < -0.39 is 0 Å². The van der Waals surface area contributed by atoms with Crippen molar-refractivity contribution in [1.82, 2.24) is 5.32 Å². The molecule has 0 saturated heterocycles. The highest BCUT2D eigenvalue weighted by atomic mass is 16.3. The summed E-state index contributed by atoms with van der Waals surface area (Å²) in [6.07, 6.45) is 0. The first-order chi connectivity index (χ1) is 11.1. The predicted octanol–water partition coefficient (Wildman–Crippen LogP) is 3.47. The number of rotatable bonds is 4. The van der Waals surface area contributed by atoms with Crippen LogP contribution in [0, 0.1) is 13.8 Å². The lowest BCUT2D eigenvalue weighted by molar-refractivity contribution is 0.0924. The molecule has 0 spiro atoms. The van der Waals surface area contributed by atoms with Crippen LogP contribution < -0.4 is 5.32 Å². The van der Waals surface area contributed by atoms with Gasteiger partial charge in [0.2, 0.25) is 0 Å². The van der Waals surface area contributed by atoms with E-state index in [1.807, 2.05) is 56.3 Å². The number of para-hydroxylation sites is 1. The Balaban J connectivity index is 1.84. The lowest BCUT2D eigenvalue weighted by Gasteiger charge is -2.08. The fraction of sp³-hybridized carbons (Fsp3) is 0.211. The molecule has 1 amide bonds. The summed E-state index contributed by atoms with van der Waals surface area (Å²) >= 11 is 0. The number of aliphatic hydroxyl groups is 1. The number of fused-ring (bicyclic) bond motifs is 1. The Morgan fingerprint density at radius 2 is 1.83 bits per heavy atom. The topological polar surface area (TPSA) is 62.5 Å². The Labute approximate surface area is 134 Å². The average Bonchev–Trinajstić information content (AvgIpc) is 2.91. The van der Waals surface area contributed by atoms with E-state index in [4.69, 9.17) is 4.42 Å². The third-order valence-corrected chi connectivity index (χ3v) is 4.09. The van der Waals surface area contributed by atoms with Crippen LogP contribution in [0.4, 0.5) is 0 Å². The standard InChI is InChI=1S/C19H19NO3/c1-12-6-5-9-16-13(2)18(23-17(12)16)19(22)20-10-14-7-3-4-8-15(14)11-21/h3-9,21H,10-11H2,1-2H3,(H,20,22). The minimum atomic E-state index is -0.245. The summed E-state index contributed by atoms with van der Waals surface area (Å²) in [6.45, 7) is 4.16. The predicted molar refractivity (Wildman–Crippen MR) is 89.2 cm³/mol. The molecule has 0 saturated carbocycles. The molecule has 0 fully saturated rings. The van der Waals surface area contributed by atoms with Crippen LogP contribution >= 0.6 is 0 Å². The molecule has 3 rings (SSSR count). The van der Waals surface area contributed by atoms with Gasteiger partial charge >= 0.3 is 0 Å². The second-order valence-electron chi connectivity index (χ2n) is 5.62. The van der Waals surface area contributed by atoms with Crippen LogP contribution in [0.1, 0.15) is 32.8 Å². The lowest BCUT2D eigenvalue weighted by Crippen LogP contribution is -2.23. The van der Waals surface area contributed by atoms with E-state index in [1.54, 1.807) is 0 Å². The molecule has 3 aromatic rings. The number of hydrogen-bond donors (Lipinski definition) is 2. The van der Waals surface area contributed by atoms with E-state index in [0.29, 0.717) is 12.3 Å². The molecular formula is C19H19NO3. The average molecular weight is 309 g/mol. The van der Waals surface area contributed by atoms with Crippen molar-refractivity contribution in [1.29, 1.82) is 0 Å². The number of aliphatic hydroxyl groups excluding tert-OH is 1. The Morgan fingerprint density at radius 1 is 1.09 bits per heavy atom. The highest BCUT2D eigenvalue weighted by Crippen LogP contribution is 2.27. The number of furan rings is 1. The quantitative estimate of drug-likeness (QED) is 0.775. The van der Waals surface area contributed by atoms with E-state index in [9.17, 15) is 9.90 Å². The normalized spacial score (nSPS) is 10.9. The molecule has 0 atom stereocenters. The van der Waals surface area contributed by atoms with Gasteiger partial charge in [-0.25, -0.2) is 0 Å². The van der Waals surface area contributed by atoms with Crippen LogP contribution in [0.3, 0.4) is 0 Å². The van der Waals surface area contributed by atoms with Gasteiger partial charge in [0.1, 0.15) is 5.58 Å². The Hall–Kier alpha value is -2.59. The number of nitrogens with one attached hydrogen (secondary N) is 1. The summed E-state index contributed by atoms with van der Waals surface area (Å²) in [5.74, 6) is 0.0987. The molecule has 118 valence electrons. The van der Waals surface area contributed by atoms with Crippen molar-refractivity contribution >= 4 is 16.9 Å². The maximum atomic E-state index is 12.5. The van der Waals surface area contributed by atoms with Gasteiger partial charge in [0.05, 0.1) is 6.61 Å². The molecule has 0 aliphatic carbocycles. The molecule has 1 heterocycles. The Bertz CT molecular complexity index is 864. The van der Waals surface area contributed by atoms with E-state index in [-0.39, 0.29) is 12.5 Å². The van der Waals surface area contributed by atoms with Gasteiger partial charge in [-0.05, 0) is 30.5 Å². The van der Waals surface area contributed by atoms with Crippen LogP contribution in [0.2, 0.25) is 0 Å². The first kappa shape index (κ1) is 15.3. The fourth-order valence-electron chi connectivity index (χ4n) is 2.74. The van der Waals surface area contributed by atoms with Gasteiger partial charge in [-0.3, -0.25) is 4.79 Å². The van der Waals surface area contributed by atoms with Crippen LogP contribution in [-0.4, -0.2) is 11.0 Å². The first-order valence-corrected chi connectivity index (χ1v) is 7.56. The second-order valence-corrected chi connectivity index (χ2v) is 5.62. The number of hydrogen-bond acceptors (Lipinski definition) is 3. The summed E-state index contributed by atoms with van der Waals surface area (Å²) in [6, 6.07) is 13.4. The third-order valence-electron chi connectivity index (χ3n) is 4.09. The zero-order valence-corrected chi connectivity index (χ0v) is 13.2. The molecule has 2 aromatic carbocycles. The molecule has 23 heavy (non-hydrogen) atoms. The van der Waals surface area contributed by atoms with Crippen molar-refractivity contribution in [2.24, 2.45) is 0 Å². The van der Waals surface area contributed by atoms with E-state index in [0.717, 1.165) is 33.2 Å². The van der Waals surface area contributed by atoms with Gasteiger partial charge in [-0.2, -0.15) is 0 Å². The summed E-state index contributed by atoms with van der Waals surface area (Å²) in [5, 5.41) is 13.2. The monoisotopic (exact) mass is 309 g/mol. The molecule has 4 nitrogen and oxygen atoms in total. The number of carbonyl (C=O) groups excluding carboxylic acids is 1. The van der Waals surface area contributed by atoms with Gasteiger partial charge < -0.3 is 14.8 Å². The van der Waals surface area contributed by atoms with Gasteiger partial charge in [-0.1, -0.05) is 42.5 Å². The molecule has 0 radical (unpaired) electrons. The van der Waals surface area contributed by atoms with Crippen molar-refractivity contribution in [3.63, 3.8) is 0 Å². The molecule has 4 heteroatoms. The van der Waals surface area contributed by atoms with Crippen LogP contribution in [-0.2, 0) is 13.2 Å². The van der Waals surface area contributed by atoms with E-state index in [1.165, 1.54) is 0 Å². The van der Waals surface area contributed by atoms with Crippen molar-refractivity contribution < 1.29 is 14.3 Å². The molecular weight excluding hydrogens is 290 g/mol. The summed E-state index contributed by atoms with van der Waals surface area (Å²) in [5.41, 5.74) is 4.32. The van der Waals surface area contributed by atoms with Gasteiger partial charge in [0.15, 0.2) is 5.76 Å².